The Bertz CT molecular complexity index is 1060. The second kappa shape index (κ2) is 10.1. The maximum Gasteiger partial charge on any atom is 0.416 e. The van der Waals surface area contributed by atoms with Gasteiger partial charge >= 0.3 is 12.1 Å². The van der Waals surface area contributed by atoms with Gasteiger partial charge in [-0.1, -0.05) is 12.1 Å². The molecular weight excluding hydrogens is 441 g/mol. The lowest BCUT2D eigenvalue weighted by Crippen LogP contribution is -2.15. The van der Waals surface area contributed by atoms with Crippen molar-refractivity contribution >= 4 is 17.3 Å². The molecule has 0 fully saturated rings. The van der Waals surface area contributed by atoms with Gasteiger partial charge in [-0.15, -0.1) is 11.3 Å². The van der Waals surface area contributed by atoms with Gasteiger partial charge in [0, 0.05) is 10.4 Å². The summed E-state index contributed by atoms with van der Waals surface area (Å²) in [7, 11) is 0. The van der Waals surface area contributed by atoms with Crippen molar-refractivity contribution in [2.45, 2.75) is 33.1 Å². The second-order valence-electron chi connectivity index (χ2n) is 7.10. The van der Waals surface area contributed by atoms with Crippen molar-refractivity contribution in [1.29, 1.82) is 0 Å². The van der Waals surface area contributed by atoms with Crippen LogP contribution in [0.2, 0.25) is 0 Å². The number of hydrogen-bond acceptors (Lipinski definition) is 5. The van der Waals surface area contributed by atoms with Crippen LogP contribution in [-0.2, 0) is 15.7 Å². The minimum absolute atomic E-state index is 0.160. The molecule has 4 nitrogen and oxygen atoms in total. The maximum absolute atomic E-state index is 12.8. The lowest BCUT2D eigenvalue weighted by atomic mass is 10.1. The Balaban J connectivity index is 1.64. The zero-order valence-corrected chi connectivity index (χ0v) is 18.7. The van der Waals surface area contributed by atoms with Crippen LogP contribution in [0.1, 0.15) is 36.6 Å². The number of alkyl halides is 3. The SMILES string of the molecule is CCOC(=O)COc1ccc(OC(C)c2csc(-c3ccc(C(F)(F)F)cc3)c2)cc1C. The molecule has 170 valence electrons. The van der Waals surface area contributed by atoms with Crippen molar-refractivity contribution in [1.82, 2.24) is 0 Å². The quantitative estimate of drug-likeness (QED) is 0.343. The second-order valence-corrected chi connectivity index (χ2v) is 8.01. The molecule has 0 spiro atoms. The average Bonchev–Trinajstić information content (AvgIpc) is 3.23. The van der Waals surface area contributed by atoms with Crippen LogP contribution in [-0.4, -0.2) is 19.2 Å². The molecule has 1 unspecified atom stereocenters. The first-order valence-corrected chi connectivity index (χ1v) is 10.9. The van der Waals surface area contributed by atoms with Gasteiger partial charge in [0.25, 0.3) is 0 Å². The van der Waals surface area contributed by atoms with Gasteiger partial charge in [-0.2, -0.15) is 13.2 Å². The molecular formula is C24H23F3O4S. The van der Waals surface area contributed by atoms with Gasteiger partial charge in [0.1, 0.15) is 17.6 Å². The van der Waals surface area contributed by atoms with Crippen molar-refractivity contribution in [3.63, 3.8) is 0 Å². The molecule has 0 aliphatic heterocycles. The molecule has 0 saturated carbocycles. The van der Waals surface area contributed by atoms with Crippen molar-refractivity contribution in [3.05, 3.63) is 70.6 Å². The normalized spacial score (nSPS) is 12.3. The van der Waals surface area contributed by atoms with Crippen molar-refractivity contribution < 1.29 is 32.2 Å². The monoisotopic (exact) mass is 464 g/mol. The van der Waals surface area contributed by atoms with E-state index < -0.39 is 17.7 Å². The number of carbonyl (C=O) groups is 1. The van der Waals surface area contributed by atoms with E-state index in [1.165, 1.54) is 23.5 Å². The van der Waals surface area contributed by atoms with E-state index in [4.69, 9.17) is 14.2 Å². The van der Waals surface area contributed by atoms with Gasteiger partial charge in [0.2, 0.25) is 0 Å². The molecule has 32 heavy (non-hydrogen) atoms. The molecule has 8 heteroatoms. The Morgan fingerprint density at radius 1 is 1.09 bits per heavy atom. The summed E-state index contributed by atoms with van der Waals surface area (Å²) in [4.78, 5) is 12.3. The third-order valence-electron chi connectivity index (χ3n) is 4.70. The average molecular weight is 465 g/mol. The minimum Gasteiger partial charge on any atom is -0.486 e. The van der Waals surface area contributed by atoms with E-state index in [-0.39, 0.29) is 12.7 Å². The van der Waals surface area contributed by atoms with Gasteiger partial charge in [-0.05, 0) is 73.7 Å². The number of halogens is 3. The third kappa shape index (κ3) is 6.03. The van der Waals surface area contributed by atoms with E-state index in [0.717, 1.165) is 33.7 Å². The van der Waals surface area contributed by atoms with Crippen LogP contribution in [0, 0.1) is 6.92 Å². The number of hydrogen-bond donors (Lipinski definition) is 0. The van der Waals surface area contributed by atoms with Gasteiger partial charge in [0.15, 0.2) is 6.61 Å². The van der Waals surface area contributed by atoms with Gasteiger partial charge in [-0.3, -0.25) is 0 Å². The number of carbonyl (C=O) groups excluding carboxylic acids is 1. The molecule has 3 aromatic rings. The molecule has 1 atom stereocenters. The lowest BCUT2D eigenvalue weighted by Gasteiger charge is -2.15. The van der Waals surface area contributed by atoms with E-state index in [0.29, 0.717) is 18.1 Å². The van der Waals surface area contributed by atoms with E-state index in [9.17, 15) is 18.0 Å². The first-order chi connectivity index (χ1) is 15.2. The highest BCUT2D eigenvalue weighted by molar-refractivity contribution is 7.13. The summed E-state index contributed by atoms with van der Waals surface area (Å²) in [6.45, 7) is 5.63. The standard InChI is InChI=1S/C24H23F3O4S/c1-4-29-23(28)13-30-21-10-9-20(11-15(21)2)31-16(3)18-12-22(32-14-18)17-5-7-19(8-6-17)24(25,26)27/h5-12,14,16H,4,13H2,1-3H3. The number of rotatable bonds is 8. The Kier molecular flexibility index (Phi) is 7.45. The van der Waals surface area contributed by atoms with Crippen molar-refractivity contribution in [2.75, 3.05) is 13.2 Å². The Morgan fingerprint density at radius 2 is 1.81 bits per heavy atom. The maximum atomic E-state index is 12.8. The fraction of sp³-hybridized carbons (Fsp3) is 0.292. The van der Waals surface area contributed by atoms with E-state index in [2.05, 4.69) is 0 Å². The predicted molar refractivity (Wildman–Crippen MR) is 117 cm³/mol. The predicted octanol–water partition coefficient (Wildman–Crippen LogP) is 6.82. The zero-order chi connectivity index (χ0) is 23.3. The summed E-state index contributed by atoms with van der Waals surface area (Å²) in [5.41, 5.74) is 1.79. The van der Waals surface area contributed by atoms with Crippen LogP contribution in [0.25, 0.3) is 10.4 Å². The highest BCUT2D eigenvalue weighted by atomic mass is 32.1. The Morgan fingerprint density at radius 3 is 2.44 bits per heavy atom. The summed E-state index contributed by atoms with van der Waals surface area (Å²) in [5.74, 6) is 0.779. The van der Waals surface area contributed by atoms with Crippen molar-refractivity contribution in [2.24, 2.45) is 0 Å². The molecule has 0 bridgehead atoms. The van der Waals surface area contributed by atoms with E-state index >= 15 is 0 Å². The number of ether oxygens (including phenoxy) is 3. The molecule has 1 aromatic heterocycles. The molecule has 0 saturated heterocycles. The first-order valence-electron chi connectivity index (χ1n) is 9.99. The van der Waals surface area contributed by atoms with Crippen molar-refractivity contribution in [3.8, 4) is 21.9 Å². The summed E-state index contributed by atoms with van der Waals surface area (Å²) in [5, 5.41) is 1.93. The number of aryl methyl sites for hydroxylation is 1. The molecule has 0 amide bonds. The smallest absolute Gasteiger partial charge is 0.416 e. The summed E-state index contributed by atoms with van der Waals surface area (Å²) in [6.07, 6.45) is -4.61. The molecule has 1 heterocycles. The summed E-state index contributed by atoms with van der Waals surface area (Å²) in [6, 6.07) is 12.4. The first kappa shape index (κ1) is 23.7. The molecule has 3 rings (SSSR count). The minimum atomic E-state index is -4.35. The Labute approximate surface area is 188 Å². The van der Waals surface area contributed by atoms with E-state index in [1.807, 2.05) is 31.4 Å². The highest BCUT2D eigenvalue weighted by Gasteiger charge is 2.30. The molecule has 0 radical (unpaired) electrons. The molecule has 0 aliphatic carbocycles. The largest absolute Gasteiger partial charge is 0.486 e. The number of benzene rings is 2. The zero-order valence-electron chi connectivity index (χ0n) is 17.9. The van der Waals surface area contributed by atoms with Crippen LogP contribution in [0.4, 0.5) is 13.2 Å². The van der Waals surface area contributed by atoms with Crippen LogP contribution in [0.5, 0.6) is 11.5 Å². The Hall–Kier alpha value is -3.00. The number of esters is 1. The van der Waals surface area contributed by atoms with Crippen LogP contribution in [0.15, 0.2) is 53.9 Å². The van der Waals surface area contributed by atoms with Crippen LogP contribution < -0.4 is 9.47 Å². The third-order valence-corrected chi connectivity index (χ3v) is 5.69. The van der Waals surface area contributed by atoms with Crippen LogP contribution >= 0.6 is 11.3 Å². The summed E-state index contributed by atoms with van der Waals surface area (Å²) >= 11 is 1.45. The number of thiophene rings is 1. The lowest BCUT2D eigenvalue weighted by molar-refractivity contribution is -0.145. The fourth-order valence-electron chi connectivity index (χ4n) is 3.01. The fourth-order valence-corrected chi connectivity index (χ4v) is 4.01. The molecule has 2 aromatic carbocycles. The van der Waals surface area contributed by atoms with E-state index in [1.54, 1.807) is 19.1 Å². The van der Waals surface area contributed by atoms with Gasteiger partial charge < -0.3 is 14.2 Å². The molecule has 0 N–H and O–H groups in total. The topological polar surface area (TPSA) is 44.8 Å². The van der Waals surface area contributed by atoms with Crippen LogP contribution in [0.3, 0.4) is 0 Å². The van der Waals surface area contributed by atoms with Gasteiger partial charge in [0.05, 0.1) is 12.2 Å². The highest BCUT2D eigenvalue weighted by Crippen LogP contribution is 2.35. The summed E-state index contributed by atoms with van der Waals surface area (Å²) < 4.78 is 54.6. The van der Waals surface area contributed by atoms with Gasteiger partial charge in [-0.25, -0.2) is 4.79 Å². The molecule has 0 aliphatic rings.